The summed E-state index contributed by atoms with van der Waals surface area (Å²) in [5, 5.41) is 4.21. The van der Waals surface area contributed by atoms with E-state index in [1.165, 1.54) is 0 Å². The molecule has 0 atom stereocenters. The van der Waals surface area contributed by atoms with Gasteiger partial charge in [0.2, 0.25) is 0 Å². The smallest absolute Gasteiger partial charge is 0.259 e. The largest absolute Gasteiger partial charge is 0.491 e. The molecule has 1 amide bonds. The Hall–Kier alpha value is -3.39. The molecule has 0 N–H and O–H groups in total. The van der Waals surface area contributed by atoms with Gasteiger partial charge in [-0.05, 0) is 29.3 Å². The monoisotopic (exact) mass is 380 g/mol. The van der Waals surface area contributed by atoms with Gasteiger partial charge in [0.1, 0.15) is 6.73 Å². The van der Waals surface area contributed by atoms with Gasteiger partial charge in [-0.2, -0.15) is 5.10 Å². The molecule has 144 valence electrons. The number of ether oxygens (including phenoxy) is 3. The predicted molar refractivity (Wildman–Crippen MR) is 103 cm³/mol. The lowest BCUT2D eigenvalue weighted by Gasteiger charge is -2.12. The van der Waals surface area contributed by atoms with Gasteiger partial charge in [-0.25, -0.2) is 9.67 Å². The summed E-state index contributed by atoms with van der Waals surface area (Å²) in [6.45, 7) is 0.826. The molecule has 28 heavy (non-hydrogen) atoms. The van der Waals surface area contributed by atoms with Crippen molar-refractivity contribution in [1.29, 1.82) is 0 Å². The molecule has 0 aliphatic carbocycles. The van der Waals surface area contributed by atoms with Crippen LogP contribution >= 0.6 is 0 Å². The lowest BCUT2D eigenvalue weighted by molar-refractivity contribution is 0.0996. The molecule has 0 radical (unpaired) electrons. The third-order valence-electron chi connectivity index (χ3n) is 4.67. The summed E-state index contributed by atoms with van der Waals surface area (Å²) in [5.74, 6) is 0.953. The topological polar surface area (TPSA) is 78.7 Å². The molecule has 8 nitrogen and oxygen atoms in total. The highest BCUT2D eigenvalue weighted by atomic mass is 16.5. The molecule has 0 saturated heterocycles. The number of pyridine rings is 1. The Balaban J connectivity index is 1.63. The number of nitrogens with zero attached hydrogens (tertiary/aromatic N) is 4. The maximum absolute atomic E-state index is 12.8. The lowest BCUT2D eigenvalue weighted by Crippen LogP contribution is -2.22. The summed E-state index contributed by atoms with van der Waals surface area (Å²) in [4.78, 5) is 18.8. The van der Waals surface area contributed by atoms with E-state index in [0.717, 1.165) is 22.4 Å². The number of rotatable bonds is 6. The number of hydrogen-bond acceptors (Lipinski definition) is 6. The Labute approximate surface area is 162 Å². The van der Waals surface area contributed by atoms with Gasteiger partial charge in [0, 0.05) is 24.4 Å². The zero-order valence-electron chi connectivity index (χ0n) is 15.9. The number of anilines is 1. The number of carbonyl (C=O) groups excluding carboxylic acids is 1. The van der Waals surface area contributed by atoms with Crippen LogP contribution < -0.4 is 14.4 Å². The average Bonchev–Trinajstić information content (AvgIpc) is 3.31. The van der Waals surface area contributed by atoms with Crippen LogP contribution in [0.5, 0.6) is 11.6 Å². The minimum absolute atomic E-state index is 0.0380. The molecule has 8 heteroatoms. The van der Waals surface area contributed by atoms with Crippen LogP contribution in [0.1, 0.15) is 15.9 Å². The first kappa shape index (κ1) is 18.0. The molecular weight excluding hydrogens is 360 g/mol. The summed E-state index contributed by atoms with van der Waals surface area (Å²) in [5.41, 5.74) is 4.23. The van der Waals surface area contributed by atoms with Crippen LogP contribution in [0.2, 0.25) is 0 Å². The number of benzene rings is 1. The molecule has 1 aliphatic rings. The zero-order valence-corrected chi connectivity index (χ0v) is 15.9. The fourth-order valence-electron chi connectivity index (χ4n) is 3.29. The Morgan fingerprint density at radius 1 is 1.07 bits per heavy atom. The standard InChI is InChI=1S/C20H20N4O4/c1-26-12-23-11-16(9-22-23)24-10-15-6-13(4-5-17(15)20(24)25)14-7-18(27-2)19(28-3)21-8-14/h4-9,11H,10,12H2,1-3H3. The van der Waals surface area contributed by atoms with E-state index in [1.54, 1.807) is 49.5 Å². The second-order valence-corrected chi connectivity index (χ2v) is 6.35. The minimum atomic E-state index is -0.0380. The quantitative estimate of drug-likeness (QED) is 0.654. The molecular formula is C20H20N4O4. The maximum atomic E-state index is 12.8. The molecule has 1 aliphatic heterocycles. The highest BCUT2D eigenvalue weighted by Gasteiger charge is 2.29. The number of fused-ring (bicyclic) bond motifs is 1. The Morgan fingerprint density at radius 2 is 1.93 bits per heavy atom. The normalized spacial score (nSPS) is 13.0. The summed E-state index contributed by atoms with van der Waals surface area (Å²) >= 11 is 0. The molecule has 0 unspecified atom stereocenters. The highest BCUT2D eigenvalue weighted by Crippen LogP contribution is 2.34. The fraction of sp³-hybridized carbons (Fsp3) is 0.250. The van der Waals surface area contributed by atoms with Crippen LogP contribution in [0.15, 0.2) is 42.9 Å². The molecule has 0 saturated carbocycles. The van der Waals surface area contributed by atoms with Crippen molar-refractivity contribution < 1.29 is 19.0 Å². The highest BCUT2D eigenvalue weighted by molar-refractivity contribution is 6.10. The van der Waals surface area contributed by atoms with E-state index < -0.39 is 0 Å². The van der Waals surface area contributed by atoms with Gasteiger partial charge < -0.3 is 19.1 Å². The molecule has 2 aromatic heterocycles. The van der Waals surface area contributed by atoms with E-state index in [0.29, 0.717) is 30.5 Å². The van der Waals surface area contributed by atoms with Crippen LogP contribution in [-0.2, 0) is 18.0 Å². The van der Waals surface area contributed by atoms with Crippen molar-refractivity contribution in [2.24, 2.45) is 0 Å². The molecule has 0 spiro atoms. The zero-order chi connectivity index (χ0) is 19.7. The average molecular weight is 380 g/mol. The van der Waals surface area contributed by atoms with E-state index in [2.05, 4.69) is 10.1 Å². The van der Waals surface area contributed by atoms with Crippen LogP contribution in [0.3, 0.4) is 0 Å². The number of aromatic nitrogens is 3. The van der Waals surface area contributed by atoms with E-state index in [1.807, 2.05) is 24.3 Å². The summed E-state index contributed by atoms with van der Waals surface area (Å²) in [6.07, 6.45) is 5.20. The molecule has 0 bridgehead atoms. The molecule has 4 rings (SSSR count). The first-order valence-electron chi connectivity index (χ1n) is 8.69. The second kappa shape index (κ2) is 7.32. The summed E-state index contributed by atoms with van der Waals surface area (Å²) in [7, 11) is 4.73. The van der Waals surface area contributed by atoms with Crippen LogP contribution in [0.4, 0.5) is 5.69 Å². The van der Waals surface area contributed by atoms with Crippen molar-refractivity contribution in [2.45, 2.75) is 13.3 Å². The number of amides is 1. The van der Waals surface area contributed by atoms with Crippen molar-refractivity contribution in [1.82, 2.24) is 14.8 Å². The number of hydrogen-bond donors (Lipinski definition) is 0. The van der Waals surface area contributed by atoms with Crippen molar-refractivity contribution in [3.05, 3.63) is 54.0 Å². The van der Waals surface area contributed by atoms with E-state index in [-0.39, 0.29) is 5.91 Å². The maximum Gasteiger partial charge on any atom is 0.259 e. The van der Waals surface area contributed by atoms with Gasteiger partial charge in [-0.15, -0.1) is 0 Å². The number of carbonyl (C=O) groups is 1. The van der Waals surface area contributed by atoms with Crippen LogP contribution in [0, 0.1) is 0 Å². The molecule has 3 heterocycles. The second-order valence-electron chi connectivity index (χ2n) is 6.35. The fourth-order valence-corrected chi connectivity index (χ4v) is 3.29. The first-order valence-corrected chi connectivity index (χ1v) is 8.69. The third-order valence-corrected chi connectivity index (χ3v) is 4.67. The molecule has 1 aromatic carbocycles. The van der Waals surface area contributed by atoms with E-state index >= 15 is 0 Å². The van der Waals surface area contributed by atoms with Crippen molar-refractivity contribution in [2.75, 3.05) is 26.2 Å². The summed E-state index contributed by atoms with van der Waals surface area (Å²) < 4.78 is 17.2. The summed E-state index contributed by atoms with van der Waals surface area (Å²) in [6, 6.07) is 7.65. The predicted octanol–water partition coefficient (Wildman–Crippen LogP) is 2.73. The molecule has 0 fully saturated rings. The van der Waals surface area contributed by atoms with Crippen molar-refractivity contribution in [3.8, 4) is 22.8 Å². The Bertz CT molecular complexity index is 1030. The van der Waals surface area contributed by atoms with E-state index in [9.17, 15) is 4.79 Å². The van der Waals surface area contributed by atoms with Gasteiger partial charge in [0.15, 0.2) is 5.75 Å². The lowest BCUT2D eigenvalue weighted by atomic mass is 10.0. The van der Waals surface area contributed by atoms with Gasteiger partial charge in [0.25, 0.3) is 11.8 Å². The number of methoxy groups -OCH3 is 3. The van der Waals surface area contributed by atoms with Crippen molar-refractivity contribution in [3.63, 3.8) is 0 Å². The van der Waals surface area contributed by atoms with Gasteiger partial charge in [0.05, 0.1) is 38.8 Å². The van der Waals surface area contributed by atoms with Crippen LogP contribution in [-0.4, -0.2) is 42.0 Å². The first-order chi connectivity index (χ1) is 13.6. The van der Waals surface area contributed by atoms with Gasteiger partial charge in [-0.1, -0.05) is 6.07 Å². The Kier molecular flexibility index (Phi) is 4.70. The SMILES string of the molecule is COCn1cc(N2Cc3cc(-c4cnc(OC)c(OC)c4)ccc3C2=O)cn1. The van der Waals surface area contributed by atoms with Crippen LogP contribution in [0.25, 0.3) is 11.1 Å². The van der Waals surface area contributed by atoms with Crippen molar-refractivity contribution >= 4 is 11.6 Å². The third kappa shape index (κ3) is 3.07. The van der Waals surface area contributed by atoms with Gasteiger partial charge >= 0.3 is 0 Å². The van der Waals surface area contributed by atoms with E-state index in [4.69, 9.17) is 14.2 Å². The van der Waals surface area contributed by atoms with Gasteiger partial charge in [-0.3, -0.25) is 4.79 Å². The minimum Gasteiger partial charge on any atom is -0.491 e. The Morgan fingerprint density at radius 3 is 2.68 bits per heavy atom. The molecule has 3 aromatic rings.